The summed E-state index contributed by atoms with van der Waals surface area (Å²) < 4.78 is 15.6. The monoisotopic (exact) mass is 218 g/mol. The van der Waals surface area contributed by atoms with Gasteiger partial charge in [-0.3, -0.25) is 4.79 Å². The van der Waals surface area contributed by atoms with E-state index in [1.165, 1.54) is 14.0 Å². The van der Waals surface area contributed by atoms with Crippen molar-refractivity contribution in [2.24, 2.45) is 0 Å². The molecule has 0 fully saturated rings. The van der Waals surface area contributed by atoms with Crippen molar-refractivity contribution in [3.8, 4) is 0 Å². The molecule has 0 heterocycles. The second-order valence-electron chi connectivity index (χ2n) is 3.37. The lowest BCUT2D eigenvalue weighted by atomic mass is 10.2. The van der Waals surface area contributed by atoms with Crippen molar-refractivity contribution < 1.29 is 19.0 Å². The van der Waals surface area contributed by atoms with Gasteiger partial charge in [0.05, 0.1) is 6.61 Å². The molecule has 0 radical (unpaired) electrons. The molecule has 0 N–H and O–H groups in total. The Morgan fingerprint density at radius 3 is 2.33 bits per heavy atom. The van der Waals surface area contributed by atoms with Crippen molar-refractivity contribution in [2.45, 2.75) is 52.4 Å². The largest absolute Gasteiger partial charge is 0.408 e. The van der Waals surface area contributed by atoms with Crippen molar-refractivity contribution >= 4 is 5.97 Å². The molecular weight excluding hydrogens is 196 g/mol. The van der Waals surface area contributed by atoms with E-state index in [0.29, 0.717) is 13.0 Å². The number of carbonyl (C=O) groups is 1. The molecule has 0 aromatic heterocycles. The summed E-state index contributed by atoms with van der Waals surface area (Å²) in [6, 6.07) is 0. The highest BCUT2D eigenvalue weighted by atomic mass is 16.9. The summed E-state index contributed by atoms with van der Waals surface area (Å²) in [5.41, 5.74) is 0. The molecule has 15 heavy (non-hydrogen) atoms. The summed E-state index contributed by atoms with van der Waals surface area (Å²) in [7, 11) is 1.49. The second-order valence-corrected chi connectivity index (χ2v) is 3.37. The predicted octanol–water partition coefficient (Wildman–Crippen LogP) is 2.47. The van der Waals surface area contributed by atoms with E-state index in [-0.39, 0.29) is 5.97 Å². The highest BCUT2D eigenvalue weighted by Crippen LogP contribution is 2.22. The molecule has 0 rings (SSSR count). The number of rotatable bonds is 8. The molecule has 0 aliphatic rings. The Morgan fingerprint density at radius 1 is 1.27 bits per heavy atom. The molecule has 0 aliphatic carbocycles. The summed E-state index contributed by atoms with van der Waals surface area (Å²) in [5, 5.41) is 0. The molecule has 0 aliphatic heterocycles. The average Bonchev–Trinajstić information content (AvgIpc) is 2.17. The van der Waals surface area contributed by atoms with Gasteiger partial charge in [0.2, 0.25) is 0 Å². The normalized spacial score (nSPS) is 14.7. The standard InChI is InChI=1S/C11H22O4/c1-5-7-8-9-11(13-4,14-6-2)15-10(3)12/h5-9H2,1-4H3. The van der Waals surface area contributed by atoms with E-state index < -0.39 is 5.97 Å². The van der Waals surface area contributed by atoms with Gasteiger partial charge in [-0.05, 0) is 13.3 Å². The van der Waals surface area contributed by atoms with Crippen LogP contribution in [0.2, 0.25) is 0 Å². The Kier molecular flexibility index (Phi) is 7.34. The van der Waals surface area contributed by atoms with Crippen LogP contribution in [-0.4, -0.2) is 25.7 Å². The third-order valence-corrected chi connectivity index (χ3v) is 2.06. The maximum absolute atomic E-state index is 10.9. The van der Waals surface area contributed by atoms with Gasteiger partial charge in [-0.2, -0.15) is 0 Å². The minimum Gasteiger partial charge on any atom is -0.408 e. The van der Waals surface area contributed by atoms with Crippen molar-refractivity contribution in [1.29, 1.82) is 0 Å². The van der Waals surface area contributed by atoms with Crippen LogP contribution in [0, 0.1) is 0 Å². The van der Waals surface area contributed by atoms with E-state index in [9.17, 15) is 4.79 Å². The number of methoxy groups -OCH3 is 1. The quantitative estimate of drug-likeness (QED) is 0.356. The molecule has 0 amide bonds. The molecule has 4 heteroatoms. The summed E-state index contributed by atoms with van der Waals surface area (Å²) in [6.07, 6.45) is 3.66. The molecule has 0 bridgehead atoms. The maximum atomic E-state index is 10.9. The van der Waals surface area contributed by atoms with Gasteiger partial charge in [0.25, 0.3) is 0 Å². The minimum atomic E-state index is -1.18. The fraction of sp³-hybridized carbons (Fsp3) is 0.909. The second kappa shape index (κ2) is 7.65. The number of esters is 1. The van der Waals surface area contributed by atoms with Gasteiger partial charge >= 0.3 is 11.9 Å². The topological polar surface area (TPSA) is 44.8 Å². The first-order valence-corrected chi connectivity index (χ1v) is 5.49. The molecule has 0 saturated heterocycles. The van der Waals surface area contributed by atoms with E-state index in [0.717, 1.165) is 19.3 Å². The number of hydrogen-bond donors (Lipinski definition) is 0. The van der Waals surface area contributed by atoms with Crippen LogP contribution in [-0.2, 0) is 19.0 Å². The van der Waals surface area contributed by atoms with Crippen LogP contribution in [0.1, 0.15) is 46.5 Å². The molecule has 0 aromatic rings. The zero-order chi connectivity index (χ0) is 11.7. The van der Waals surface area contributed by atoms with Crippen LogP contribution in [0.4, 0.5) is 0 Å². The summed E-state index contributed by atoms with van der Waals surface area (Å²) in [4.78, 5) is 10.9. The van der Waals surface area contributed by atoms with Crippen LogP contribution < -0.4 is 0 Å². The van der Waals surface area contributed by atoms with Crippen molar-refractivity contribution in [3.05, 3.63) is 0 Å². The summed E-state index contributed by atoms with van der Waals surface area (Å²) in [5.74, 6) is -1.57. The molecule has 0 aromatic carbocycles. The number of unbranched alkanes of at least 4 members (excludes halogenated alkanes) is 2. The number of carbonyl (C=O) groups excluding carboxylic acids is 1. The van der Waals surface area contributed by atoms with Gasteiger partial charge in [0.1, 0.15) is 0 Å². The van der Waals surface area contributed by atoms with E-state index in [4.69, 9.17) is 14.2 Å². The highest BCUT2D eigenvalue weighted by Gasteiger charge is 2.33. The van der Waals surface area contributed by atoms with Gasteiger partial charge in [0.15, 0.2) is 0 Å². The molecule has 0 spiro atoms. The van der Waals surface area contributed by atoms with Crippen LogP contribution in [0.5, 0.6) is 0 Å². The van der Waals surface area contributed by atoms with Gasteiger partial charge in [-0.15, -0.1) is 0 Å². The summed E-state index contributed by atoms with van der Waals surface area (Å²) >= 11 is 0. The Bertz CT molecular complexity index is 181. The molecule has 90 valence electrons. The van der Waals surface area contributed by atoms with Gasteiger partial charge in [-0.25, -0.2) is 0 Å². The van der Waals surface area contributed by atoms with Crippen LogP contribution >= 0.6 is 0 Å². The van der Waals surface area contributed by atoms with Crippen molar-refractivity contribution in [2.75, 3.05) is 13.7 Å². The van der Waals surface area contributed by atoms with Crippen molar-refractivity contribution in [3.63, 3.8) is 0 Å². The van der Waals surface area contributed by atoms with Crippen LogP contribution in [0.15, 0.2) is 0 Å². The van der Waals surface area contributed by atoms with E-state index in [2.05, 4.69) is 6.92 Å². The fourth-order valence-corrected chi connectivity index (χ4v) is 1.39. The first-order valence-electron chi connectivity index (χ1n) is 5.49. The van der Waals surface area contributed by atoms with Gasteiger partial charge < -0.3 is 14.2 Å². The van der Waals surface area contributed by atoms with Gasteiger partial charge in [0, 0.05) is 20.5 Å². The highest BCUT2D eigenvalue weighted by molar-refractivity contribution is 5.66. The van der Waals surface area contributed by atoms with E-state index in [1.54, 1.807) is 0 Å². The lowest BCUT2D eigenvalue weighted by molar-refractivity contribution is -0.354. The van der Waals surface area contributed by atoms with E-state index >= 15 is 0 Å². The number of hydrogen-bond acceptors (Lipinski definition) is 4. The first kappa shape index (κ1) is 14.4. The third kappa shape index (κ3) is 5.74. The van der Waals surface area contributed by atoms with Gasteiger partial charge in [-0.1, -0.05) is 19.8 Å². The van der Waals surface area contributed by atoms with Crippen molar-refractivity contribution in [1.82, 2.24) is 0 Å². The Morgan fingerprint density at radius 2 is 1.93 bits per heavy atom. The Hall–Kier alpha value is -0.610. The SMILES string of the molecule is CCCCCC(OC)(OCC)OC(C)=O. The fourth-order valence-electron chi connectivity index (χ4n) is 1.39. The zero-order valence-corrected chi connectivity index (χ0v) is 10.2. The molecule has 0 saturated carbocycles. The predicted molar refractivity (Wildman–Crippen MR) is 57.3 cm³/mol. The van der Waals surface area contributed by atoms with Crippen LogP contribution in [0.25, 0.3) is 0 Å². The summed E-state index contributed by atoms with van der Waals surface area (Å²) in [6.45, 7) is 5.76. The minimum absolute atomic E-state index is 0.387. The first-order chi connectivity index (χ1) is 7.10. The van der Waals surface area contributed by atoms with Crippen LogP contribution in [0.3, 0.4) is 0 Å². The molecule has 1 unspecified atom stereocenters. The van der Waals surface area contributed by atoms with E-state index in [1.807, 2.05) is 6.92 Å². The Labute approximate surface area is 91.9 Å². The molecule has 1 atom stereocenters. The molecule has 4 nitrogen and oxygen atoms in total. The molecular formula is C11H22O4. The average molecular weight is 218 g/mol. The third-order valence-electron chi connectivity index (χ3n) is 2.06. The maximum Gasteiger partial charge on any atom is 0.328 e. The Balaban J connectivity index is 4.28. The lowest BCUT2D eigenvalue weighted by Gasteiger charge is -2.30. The zero-order valence-electron chi connectivity index (χ0n) is 10.2. The smallest absolute Gasteiger partial charge is 0.328 e. The lowest BCUT2D eigenvalue weighted by Crippen LogP contribution is -2.39. The number of ether oxygens (including phenoxy) is 3.